The fourth-order valence-electron chi connectivity index (χ4n) is 3.65. The highest BCUT2D eigenvalue weighted by molar-refractivity contribution is 6.52. The number of nitriles is 1. The molecule has 0 aliphatic heterocycles. The Bertz CT molecular complexity index is 981. The minimum atomic E-state index is -0.948. The lowest BCUT2D eigenvalue weighted by atomic mass is 9.63. The average molecular weight is 520 g/mol. The summed E-state index contributed by atoms with van der Waals surface area (Å²) in [6.45, 7) is 3.16. The Kier molecular flexibility index (Phi) is 12.4. The van der Waals surface area contributed by atoms with Crippen molar-refractivity contribution < 1.29 is 18.7 Å². The molecule has 1 N–H and O–H groups in total. The van der Waals surface area contributed by atoms with Gasteiger partial charge in [0.15, 0.2) is 0 Å². The van der Waals surface area contributed by atoms with Gasteiger partial charge < -0.3 is 15.0 Å². The molecule has 0 saturated heterocycles. The van der Waals surface area contributed by atoms with Crippen LogP contribution in [0.2, 0.25) is 5.82 Å². The van der Waals surface area contributed by atoms with Gasteiger partial charge in [0.2, 0.25) is 5.91 Å². The monoisotopic (exact) mass is 519 g/mol. The first-order chi connectivity index (χ1) is 16.9. The van der Waals surface area contributed by atoms with Gasteiger partial charge in [-0.25, -0.2) is 14.4 Å². The molecule has 0 saturated carbocycles. The van der Waals surface area contributed by atoms with Crippen molar-refractivity contribution in [2.75, 3.05) is 36.4 Å². The summed E-state index contributed by atoms with van der Waals surface area (Å²) in [4.78, 5) is 27.6. The molecule has 6 nitrogen and oxygen atoms in total. The maximum atomic E-state index is 13.3. The number of carbonyl (C=O) groups excluding carboxylic acids is 2. The molecule has 0 aromatic heterocycles. The quantitative estimate of drug-likeness (QED) is 0.234. The molecular weight excluding hydrogens is 491 g/mol. The second kappa shape index (κ2) is 15.3. The Balaban J connectivity index is 2.13. The summed E-state index contributed by atoms with van der Waals surface area (Å²) < 4.78 is 18.4. The molecule has 0 radical (unpaired) electrons. The van der Waals surface area contributed by atoms with E-state index >= 15 is 0 Å². The van der Waals surface area contributed by atoms with Crippen LogP contribution in [0, 0.1) is 17.0 Å². The first kappa shape index (κ1) is 28.5. The summed E-state index contributed by atoms with van der Waals surface area (Å²) in [7, 11) is -0.00962. The molecule has 2 aromatic carbocycles. The number of esters is 1. The Morgan fingerprint density at radius 1 is 1.06 bits per heavy atom. The van der Waals surface area contributed by atoms with Crippen LogP contribution in [0.4, 0.5) is 10.1 Å². The van der Waals surface area contributed by atoms with Gasteiger partial charge in [-0.1, -0.05) is 24.3 Å². The standard InChI is InChI=1S/C25H29BCl2FN3O3/c1-2-35-25(34)23(16-19-3-7-20(29)8-4-19)31-24(33)22(26-17-30)15-18-5-9-21(10-6-18)32(13-11-27)14-12-28/h3-10,22-23,26H,2,11-16H2,1H3,(H,31,33)/t22-,23?/m0/s1. The maximum absolute atomic E-state index is 13.3. The van der Waals surface area contributed by atoms with Crippen LogP contribution in [0.1, 0.15) is 18.1 Å². The summed E-state index contributed by atoms with van der Waals surface area (Å²) in [5.41, 5.74) is 2.53. The van der Waals surface area contributed by atoms with Crippen molar-refractivity contribution >= 4 is 48.0 Å². The van der Waals surface area contributed by atoms with Gasteiger partial charge in [-0.2, -0.15) is 0 Å². The summed E-state index contributed by atoms with van der Waals surface area (Å²) >= 11 is 11.8. The van der Waals surface area contributed by atoms with Crippen LogP contribution < -0.4 is 10.2 Å². The van der Waals surface area contributed by atoms with E-state index in [1.54, 1.807) is 19.1 Å². The minimum absolute atomic E-state index is 0.00962. The van der Waals surface area contributed by atoms with Crippen molar-refractivity contribution in [3.05, 3.63) is 65.5 Å². The molecule has 2 atom stereocenters. The third kappa shape index (κ3) is 9.43. The minimum Gasteiger partial charge on any atom is -0.464 e. The second-order valence-electron chi connectivity index (χ2n) is 7.94. The van der Waals surface area contributed by atoms with Crippen molar-refractivity contribution in [3.8, 4) is 5.97 Å². The van der Waals surface area contributed by atoms with Crippen molar-refractivity contribution in [2.24, 2.45) is 0 Å². The largest absolute Gasteiger partial charge is 0.464 e. The fourth-order valence-corrected chi connectivity index (χ4v) is 4.06. The summed E-state index contributed by atoms with van der Waals surface area (Å²) in [5.74, 6) is 0.970. The van der Waals surface area contributed by atoms with Crippen molar-refractivity contribution in [3.63, 3.8) is 0 Å². The van der Waals surface area contributed by atoms with E-state index in [1.165, 1.54) is 12.1 Å². The molecule has 186 valence electrons. The topological polar surface area (TPSA) is 82.4 Å². The van der Waals surface area contributed by atoms with E-state index in [-0.39, 0.29) is 26.1 Å². The Labute approximate surface area is 216 Å². The molecular formula is C25H29BCl2FN3O3. The van der Waals surface area contributed by atoms with Crippen LogP contribution >= 0.6 is 23.2 Å². The lowest BCUT2D eigenvalue weighted by Crippen LogP contribution is -2.45. The van der Waals surface area contributed by atoms with E-state index in [2.05, 4.69) is 16.2 Å². The zero-order valence-corrected chi connectivity index (χ0v) is 21.2. The van der Waals surface area contributed by atoms with Gasteiger partial charge >= 0.3 is 5.97 Å². The van der Waals surface area contributed by atoms with Crippen LogP contribution in [0.15, 0.2) is 48.5 Å². The molecule has 0 spiro atoms. The number of carbonyl (C=O) groups is 2. The highest BCUT2D eigenvalue weighted by atomic mass is 35.5. The molecule has 2 aromatic rings. The number of rotatable bonds is 14. The zero-order chi connectivity index (χ0) is 25.6. The van der Waals surface area contributed by atoms with E-state index in [0.29, 0.717) is 36.8 Å². The van der Waals surface area contributed by atoms with Crippen LogP contribution in [-0.4, -0.2) is 56.7 Å². The number of hydrogen-bond acceptors (Lipinski definition) is 5. The smallest absolute Gasteiger partial charge is 0.328 e. The molecule has 10 heteroatoms. The normalized spacial score (nSPS) is 12.2. The Morgan fingerprint density at radius 2 is 1.63 bits per heavy atom. The van der Waals surface area contributed by atoms with E-state index in [9.17, 15) is 19.2 Å². The number of alkyl halides is 2. The number of amides is 1. The van der Waals surface area contributed by atoms with Crippen molar-refractivity contribution in [2.45, 2.75) is 31.6 Å². The molecule has 0 aliphatic carbocycles. The van der Waals surface area contributed by atoms with Crippen LogP contribution in [0.25, 0.3) is 0 Å². The maximum Gasteiger partial charge on any atom is 0.328 e. The lowest BCUT2D eigenvalue weighted by Gasteiger charge is -2.23. The molecule has 0 fully saturated rings. The van der Waals surface area contributed by atoms with Crippen molar-refractivity contribution in [1.82, 2.24) is 5.32 Å². The number of nitrogens with one attached hydrogen (secondary N) is 1. The third-order valence-corrected chi connectivity index (χ3v) is 5.78. The zero-order valence-electron chi connectivity index (χ0n) is 19.7. The average Bonchev–Trinajstić information content (AvgIpc) is 2.85. The van der Waals surface area contributed by atoms with E-state index in [1.807, 2.05) is 24.3 Å². The van der Waals surface area contributed by atoms with Gasteiger partial charge in [-0.3, -0.25) is 4.79 Å². The molecule has 0 heterocycles. The number of anilines is 1. The lowest BCUT2D eigenvalue weighted by molar-refractivity contribution is -0.147. The van der Waals surface area contributed by atoms with Crippen LogP contribution in [0.3, 0.4) is 0 Å². The Hall–Kier alpha value is -2.76. The first-order valence-electron chi connectivity index (χ1n) is 11.5. The summed E-state index contributed by atoms with van der Waals surface area (Å²) in [5, 5.41) is 12.0. The number of hydrogen-bond donors (Lipinski definition) is 1. The highest BCUT2D eigenvalue weighted by Gasteiger charge is 2.27. The SMILES string of the molecule is CCOC(=O)C(Cc1ccc(F)cc1)NC(=O)[C@@H](BC#N)Cc1ccc(N(CCCl)CCCl)cc1. The predicted molar refractivity (Wildman–Crippen MR) is 139 cm³/mol. The van der Waals surface area contributed by atoms with Gasteiger partial charge in [0, 0.05) is 42.8 Å². The molecule has 1 amide bonds. The summed E-state index contributed by atoms with van der Waals surface area (Å²) in [6.07, 6.45) is 0.479. The molecule has 0 bridgehead atoms. The van der Waals surface area contributed by atoms with E-state index < -0.39 is 23.7 Å². The first-order valence-corrected chi connectivity index (χ1v) is 12.5. The number of ether oxygens (including phenoxy) is 1. The third-order valence-electron chi connectivity index (χ3n) is 5.44. The molecule has 0 aliphatic rings. The van der Waals surface area contributed by atoms with Crippen LogP contribution in [0.5, 0.6) is 0 Å². The number of benzene rings is 2. The Morgan fingerprint density at radius 3 is 2.17 bits per heavy atom. The van der Waals surface area contributed by atoms with Crippen LogP contribution in [-0.2, 0) is 27.2 Å². The van der Waals surface area contributed by atoms with Gasteiger partial charge in [0.05, 0.1) is 6.61 Å². The van der Waals surface area contributed by atoms with E-state index in [0.717, 1.165) is 11.3 Å². The summed E-state index contributed by atoms with van der Waals surface area (Å²) in [6, 6.07) is 12.4. The molecule has 35 heavy (non-hydrogen) atoms. The van der Waals surface area contributed by atoms with Gasteiger partial charge in [0.25, 0.3) is 7.28 Å². The van der Waals surface area contributed by atoms with Crippen molar-refractivity contribution in [1.29, 1.82) is 5.26 Å². The number of halogens is 3. The van der Waals surface area contributed by atoms with Gasteiger partial charge in [-0.05, 0) is 54.7 Å². The van der Waals surface area contributed by atoms with E-state index in [4.69, 9.17) is 27.9 Å². The van der Waals surface area contributed by atoms with Gasteiger partial charge in [-0.15, -0.1) is 23.2 Å². The molecule has 2 rings (SSSR count). The highest BCUT2D eigenvalue weighted by Crippen LogP contribution is 2.20. The molecule has 1 unspecified atom stereocenters. The fraction of sp³-hybridized carbons (Fsp3) is 0.400. The predicted octanol–water partition coefficient (Wildman–Crippen LogP) is 3.65. The second-order valence-corrected chi connectivity index (χ2v) is 8.69. The van der Waals surface area contributed by atoms with Gasteiger partial charge in [0.1, 0.15) is 11.9 Å². The number of nitrogens with zero attached hydrogens (tertiary/aromatic N) is 2.